The fraction of sp³-hybridized carbons (Fsp3) is 0.250. The summed E-state index contributed by atoms with van der Waals surface area (Å²) in [4.78, 5) is 12.5. The Morgan fingerprint density at radius 2 is 1.56 bits per heavy atom. The van der Waals surface area contributed by atoms with Crippen molar-refractivity contribution in [3.63, 3.8) is 0 Å². The number of benzene rings is 2. The largest absolute Gasteiger partial charge is 0.497 e. The van der Waals surface area contributed by atoms with Gasteiger partial charge in [0.15, 0.2) is 0 Å². The molecule has 0 unspecified atom stereocenters. The quantitative estimate of drug-likeness (QED) is 0.618. The fourth-order valence-electron chi connectivity index (χ4n) is 2.67. The molecule has 25 heavy (non-hydrogen) atoms. The molecule has 0 radical (unpaired) electrons. The Hall–Kier alpha value is -2.95. The van der Waals surface area contributed by atoms with Gasteiger partial charge in [-0.1, -0.05) is 0 Å². The average Bonchev–Trinajstić information content (AvgIpc) is 2.67. The van der Waals surface area contributed by atoms with Gasteiger partial charge in [-0.15, -0.1) is 0 Å². The average molecular weight is 339 g/mol. The first-order valence-electron chi connectivity index (χ1n) is 8.15. The molecule has 130 valence electrons. The van der Waals surface area contributed by atoms with Crippen LogP contribution in [0.1, 0.15) is 6.42 Å². The van der Waals surface area contributed by atoms with Gasteiger partial charge in [0.1, 0.15) is 17.2 Å². The second-order valence-electron chi connectivity index (χ2n) is 5.65. The number of pyridine rings is 1. The molecule has 3 aromatic rings. The normalized spacial score (nSPS) is 10.6. The summed E-state index contributed by atoms with van der Waals surface area (Å²) in [5.41, 5.74) is 0.00426. The third-order valence-electron chi connectivity index (χ3n) is 4.06. The first-order chi connectivity index (χ1) is 12.2. The highest BCUT2D eigenvalue weighted by Gasteiger charge is 2.04. The van der Waals surface area contributed by atoms with E-state index in [-0.39, 0.29) is 5.56 Å². The molecule has 0 N–H and O–H groups in total. The monoisotopic (exact) mass is 339 g/mol. The SMILES string of the molecule is COc1ccc(OCCCn2ccc3cc(OC)ccc3c2=O)cc1. The molecule has 5 heteroatoms. The van der Waals surface area contributed by atoms with Crippen LogP contribution in [0, 0.1) is 0 Å². The van der Waals surface area contributed by atoms with Crippen molar-refractivity contribution in [2.45, 2.75) is 13.0 Å². The van der Waals surface area contributed by atoms with Gasteiger partial charge in [0.25, 0.3) is 5.56 Å². The molecule has 0 atom stereocenters. The molecule has 0 saturated heterocycles. The number of fused-ring (bicyclic) bond motifs is 1. The maximum atomic E-state index is 12.5. The van der Waals surface area contributed by atoms with E-state index in [4.69, 9.17) is 14.2 Å². The fourth-order valence-corrected chi connectivity index (χ4v) is 2.67. The smallest absolute Gasteiger partial charge is 0.258 e. The number of aromatic nitrogens is 1. The zero-order chi connectivity index (χ0) is 17.6. The molecule has 0 amide bonds. The van der Waals surface area contributed by atoms with Crippen LogP contribution >= 0.6 is 0 Å². The second-order valence-corrected chi connectivity index (χ2v) is 5.65. The van der Waals surface area contributed by atoms with Crippen molar-refractivity contribution < 1.29 is 14.2 Å². The van der Waals surface area contributed by atoms with E-state index in [9.17, 15) is 4.79 Å². The molecule has 1 heterocycles. The van der Waals surface area contributed by atoms with E-state index in [0.29, 0.717) is 18.5 Å². The summed E-state index contributed by atoms with van der Waals surface area (Å²) in [5.74, 6) is 2.34. The van der Waals surface area contributed by atoms with E-state index in [1.54, 1.807) is 30.9 Å². The predicted octanol–water partition coefficient (Wildman–Crippen LogP) is 3.49. The molecule has 0 aliphatic carbocycles. The lowest BCUT2D eigenvalue weighted by Crippen LogP contribution is -2.20. The van der Waals surface area contributed by atoms with Gasteiger partial charge in [-0.05, 0) is 60.3 Å². The van der Waals surface area contributed by atoms with E-state index in [1.165, 1.54) is 0 Å². The summed E-state index contributed by atoms with van der Waals surface area (Å²) in [7, 11) is 3.25. The molecule has 0 saturated carbocycles. The summed E-state index contributed by atoms with van der Waals surface area (Å²) >= 11 is 0. The first kappa shape index (κ1) is 16.9. The van der Waals surface area contributed by atoms with Gasteiger partial charge in [-0.3, -0.25) is 4.79 Å². The van der Waals surface area contributed by atoms with Gasteiger partial charge in [0.2, 0.25) is 0 Å². The molecular formula is C20H21NO4. The maximum Gasteiger partial charge on any atom is 0.258 e. The van der Waals surface area contributed by atoms with Crippen molar-refractivity contribution in [2.75, 3.05) is 20.8 Å². The molecule has 0 aliphatic heterocycles. The molecule has 0 bridgehead atoms. The van der Waals surface area contributed by atoms with Crippen molar-refractivity contribution in [3.05, 3.63) is 65.1 Å². The first-order valence-corrected chi connectivity index (χ1v) is 8.15. The highest BCUT2D eigenvalue weighted by atomic mass is 16.5. The van der Waals surface area contributed by atoms with Crippen LogP contribution in [0.15, 0.2) is 59.5 Å². The zero-order valence-corrected chi connectivity index (χ0v) is 14.4. The number of ether oxygens (including phenoxy) is 3. The van der Waals surface area contributed by atoms with Gasteiger partial charge in [-0.25, -0.2) is 0 Å². The third kappa shape index (κ3) is 3.94. The Bertz CT molecular complexity index is 900. The van der Waals surface area contributed by atoms with E-state index in [2.05, 4.69) is 0 Å². The van der Waals surface area contributed by atoms with Gasteiger partial charge in [-0.2, -0.15) is 0 Å². The number of nitrogens with zero attached hydrogens (tertiary/aromatic N) is 1. The Labute approximate surface area is 146 Å². The Balaban J connectivity index is 1.61. The number of hydrogen-bond acceptors (Lipinski definition) is 4. The van der Waals surface area contributed by atoms with Crippen LogP contribution in [0.2, 0.25) is 0 Å². The minimum Gasteiger partial charge on any atom is -0.497 e. The molecule has 0 fully saturated rings. The molecule has 1 aromatic heterocycles. The highest BCUT2D eigenvalue weighted by Crippen LogP contribution is 2.18. The Morgan fingerprint density at radius 3 is 2.28 bits per heavy atom. The van der Waals surface area contributed by atoms with Crippen LogP contribution in [-0.2, 0) is 6.54 Å². The minimum atomic E-state index is 0.00426. The summed E-state index contributed by atoms with van der Waals surface area (Å²) in [6.45, 7) is 1.15. The van der Waals surface area contributed by atoms with E-state index < -0.39 is 0 Å². The predicted molar refractivity (Wildman–Crippen MR) is 97.9 cm³/mol. The molecule has 0 aliphatic rings. The molecule has 0 spiro atoms. The minimum absolute atomic E-state index is 0.00426. The Kier molecular flexibility index (Phi) is 5.23. The van der Waals surface area contributed by atoms with E-state index in [1.807, 2.05) is 42.6 Å². The lowest BCUT2D eigenvalue weighted by atomic mass is 10.1. The van der Waals surface area contributed by atoms with Crippen molar-refractivity contribution in [1.29, 1.82) is 0 Å². The zero-order valence-electron chi connectivity index (χ0n) is 14.4. The molecule has 3 rings (SSSR count). The number of hydrogen-bond donors (Lipinski definition) is 0. The summed E-state index contributed by atoms with van der Waals surface area (Å²) in [6.07, 6.45) is 2.56. The third-order valence-corrected chi connectivity index (χ3v) is 4.06. The van der Waals surface area contributed by atoms with Crippen molar-refractivity contribution >= 4 is 10.8 Å². The van der Waals surface area contributed by atoms with Crippen LogP contribution in [0.3, 0.4) is 0 Å². The molecule has 2 aromatic carbocycles. The highest BCUT2D eigenvalue weighted by molar-refractivity contribution is 5.82. The maximum absolute atomic E-state index is 12.5. The Morgan fingerprint density at radius 1 is 0.880 bits per heavy atom. The van der Waals surface area contributed by atoms with Crippen LogP contribution < -0.4 is 19.8 Å². The topological polar surface area (TPSA) is 49.7 Å². The van der Waals surface area contributed by atoms with E-state index in [0.717, 1.165) is 29.1 Å². The molecule has 5 nitrogen and oxygen atoms in total. The van der Waals surface area contributed by atoms with Gasteiger partial charge in [0.05, 0.1) is 20.8 Å². The lowest BCUT2D eigenvalue weighted by molar-refractivity contribution is 0.300. The van der Waals surface area contributed by atoms with Crippen LogP contribution in [0.5, 0.6) is 17.2 Å². The van der Waals surface area contributed by atoms with Crippen LogP contribution in [0.4, 0.5) is 0 Å². The molecular weight excluding hydrogens is 318 g/mol. The van der Waals surface area contributed by atoms with Gasteiger partial charge < -0.3 is 18.8 Å². The number of methoxy groups -OCH3 is 2. The summed E-state index contributed by atoms with van der Waals surface area (Å²) in [6, 6.07) is 14.9. The van der Waals surface area contributed by atoms with Crippen LogP contribution in [-0.4, -0.2) is 25.4 Å². The van der Waals surface area contributed by atoms with Crippen molar-refractivity contribution in [2.24, 2.45) is 0 Å². The summed E-state index contributed by atoms with van der Waals surface area (Å²) < 4.78 is 17.7. The number of aryl methyl sites for hydroxylation is 1. The van der Waals surface area contributed by atoms with Crippen LogP contribution in [0.25, 0.3) is 10.8 Å². The van der Waals surface area contributed by atoms with Crippen molar-refractivity contribution in [3.8, 4) is 17.2 Å². The van der Waals surface area contributed by atoms with Gasteiger partial charge >= 0.3 is 0 Å². The van der Waals surface area contributed by atoms with Gasteiger partial charge in [0, 0.05) is 18.1 Å². The second kappa shape index (κ2) is 7.75. The summed E-state index contributed by atoms with van der Waals surface area (Å²) in [5, 5.41) is 1.58. The standard InChI is InChI=1S/C20H21NO4/c1-23-16-4-6-17(7-5-16)25-13-3-11-21-12-10-15-14-18(24-2)8-9-19(15)20(21)22/h4-10,12,14H,3,11,13H2,1-2H3. The lowest BCUT2D eigenvalue weighted by Gasteiger charge is -2.10. The van der Waals surface area contributed by atoms with E-state index >= 15 is 0 Å². The van der Waals surface area contributed by atoms with Crippen molar-refractivity contribution in [1.82, 2.24) is 4.57 Å². The number of rotatable bonds is 7.